The van der Waals surface area contributed by atoms with Gasteiger partial charge in [0.25, 0.3) is 0 Å². The van der Waals surface area contributed by atoms with Crippen LogP contribution in [0.1, 0.15) is 40.2 Å². The Bertz CT molecular complexity index is 731. The highest BCUT2D eigenvalue weighted by Crippen LogP contribution is 2.20. The topological polar surface area (TPSA) is 51.7 Å². The van der Waals surface area contributed by atoms with Crippen LogP contribution in [0.5, 0.6) is 0 Å². The third-order valence-corrected chi connectivity index (χ3v) is 4.85. The number of carbonyl (C=O) groups is 1. The first-order valence-corrected chi connectivity index (χ1v) is 10.4. The highest BCUT2D eigenvalue weighted by atomic mass is 32.2. The van der Waals surface area contributed by atoms with Crippen LogP contribution in [-0.2, 0) is 20.1 Å². The lowest BCUT2D eigenvalue weighted by atomic mass is 10.2. The van der Waals surface area contributed by atoms with Gasteiger partial charge in [0.05, 0.1) is 29.9 Å². The van der Waals surface area contributed by atoms with Crippen molar-refractivity contribution in [2.75, 3.05) is 12.4 Å². The van der Waals surface area contributed by atoms with E-state index >= 15 is 0 Å². The van der Waals surface area contributed by atoms with Crippen LogP contribution in [0.4, 0.5) is 0 Å². The number of benzene rings is 1. The van der Waals surface area contributed by atoms with Gasteiger partial charge >= 0.3 is 0 Å². The van der Waals surface area contributed by atoms with E-state index in [1.165, 1.54) is 5.06 Å². The van der Waals surface area contributed by atoms with Gasteiger partial charge in [-0.3, -0.25) is 14.6 Å². The molecule has 1 atom stereocenters. The number of hydroxylamine groups is 2. The van der Waals surface area contributed by atoms with Crippen LogP contribution in [0.3, 0.4) is 0 Å². The monoisotopic (exact) mass is 390 g/mol. The minimum absolute atomic E-state index is 0.102. The molecule has 2 aromatic rings. The molecule has 0 radical (unpaired) electrons. The summed E-state index contributed by atoms with van der Waals surface area (Å²) in [6.07, 6.45) is 2.76. The SMILES string of the molecule is CC(C)OC[C@@H](CSCc1cnc2ccccc2c1)N(C=O)OC(C)(C)C. The fourth-order valence-corrected chi connectivity index (χ4v) is 3.53. The lowest BCUT2D eigenvalue weighted by Gasteiger charge is -2.33. The van der Waals surface area contributed by atoms with Crippen LogP contribution < -0.4 is 0 Å². The molecule has 1 heterocycles. The number of hydrogen-bond acceptors (Lipinski definition) is 5. The van der Waals surface area contributed by atoms with Crippen molar-refractivity contribution in [3.63, 3.8) is 0 Å². The molecule has 0 unspecified atom stereocenters. The normalized spacial score (nSPS) is 13.1. The zero-order valence-corrected chi connectivity index (χ0v) is 17.7. The quantitative estimate of drug-likeness (QED) is 0.443. The van der Waals surface area contributed by atoms with Crippen molar-refractivity contribution in [1.82, 2.24) is 10.0 Å². The van der Waals surface area contributed by atoms with Gasteiger partial charge in [-0.1, -0.05) is 18.2 Å². The van der Waals surface area contributed by atoms with Crippen LogP contribution in [0.25, 0.3) is 10.9 Å². The summed E-state index contributed by atoms with van der Waals surface area (Å²) in [6.45, 7) is 10.2. The summed E-state index contributed by atoms with van der Waals surface area (Å²) in [5, 5.41) is 2.54. The molecule has 27 heavy (non-hydrogen) atoms. The average Bonchev–Trinajstić information content (AvgIpc) is 2.61. The Balaban J connectivity index is 1.99. The first-order chi connectivity index (χ1) is 12.8. The van der Waals surface area contributed by atoms with Crippen molar-refractivity contribution in [3.05, 3.63) is 42.1 Å². The van der Waals surface area contributed by atoms with Crippen molar-refractivity contribution in [1.29, 1.82) is 0 Å². The van der Waals surface area contributed by atoms with Gasteiger partial charge < -0.3 is 4.74 Å². The van der Waals surface area contributed by atoms with Crippen LogP contribution in [0.2, 0.25) is 0 Å². The van der Waals surface area contributed by atoms with Crippen molar-refractivity contribution in [2.24, 2.45) is 0 Å². The van der Waals surface area contributed by atoms with E-state index in [1.807, 2.05) is 59.0 Å². The van der Waals surface area contributed by atoms with Gasteiger partial charge in [-0.15, -0.1) is 0 Å². The molecular formula is C21H30N2O3S. The van der Waals surface area contributed by atoms with Crippen molar-refractivity contribution >= 4 is 29.1 Å². The van der Waals surface area contributed by atoms with Gasteiger partial charge in [-0.05, 0) is 52.3 Å². The minimum Gasteiger partial charge on any atom is -0.377 e. The summed E-state index contributed by atoms with van der Waals surface area (Å²) in [4.78, 5) is 21.9. The lowest BCUT2D eigenvalue weighted by Crippen LogP contribution is -2.44. The molecule has 6 heteroatoms. The summed E-state index contributed by atoms with van der Waals surface area (Å²) in [5.74, 6) is 1.53. The number of fused-ring (bicyclic) bond motifs is 1. The van der Waals surface area contributed by atoms with Crippen molar-refractivity contribution in [2.45, 2.75) is 58.1 Å². The van der Waals surface area contributed by atoms with Crippen molar-refractivity contribution < 1.29 is 14.4 Å². The second kappa shape index (κ2) is 10.1. The van der Waals surface area contributed by atoms with Crippen LogP contribution in [-0.4, -0.2) is 46.6 Å². The number of pyridine rings is 1. The number of rotatable bonds is 10. The Morgan fingerprint density at radius 3 is 2.67 bits per heavy atom. The predicted octanol–water partition coefficient (Wildman–Crippen LogP) is 4.45. The van der Waals surface area contributed by atoms with E-state index in [1.54, 1.807) is 11.8 Å². The van der Waals surface area contributed by atoms with E-state index < -0.39 is 5.60 Å². The molecule has 0 saturated carbocycles. The third kappa shape index (κ3) is 7.48. The molecule has 0 spiro atoms. The van der Waals surface area contributed by atoms with Crippen LogP contribution >= 0.6 is 11.8 Å². The number of carbonyl (C=O) groups excluding carboxylic acids is 1. The summed E-state index contributed by atoms with van der Waals surface area (Å²) in [5.41, 5.74) is 1.72. The maximum Gasteiger partial charge on any atom is 0.233 e. The van der Waals surface area contributed by atoms with E-state index in [0.717, 1.165) is 28.6 Å². The number of ether oxygens (including phenoxy) is 1. The van der Waals surface area contributed by atoms with E-state index in [9.17, 15) is 4.79 Å². The molecule has 1 aromatic carbocycles. The molecule has 0 N–H and O–H groups in total. The third-order valence-electron chi connectivity index (χ3n) is 3.69. The Morgan fingerprint density at radius 1 is 1.26 bits per heavy atom. The van der Waals surface area contributed by atoms with Crippen molar-refractivity contribution in [3.8, 4) is 0 Å². The van der Waals surface area contributed by atoms with Gasteiger partial charge in [0.1, 0.15) is 0 Å². The van der Waals surface area contributed by atoms with E-state index in [4.69, 9.17) is 9.57 Å². The van der Waals surface area contributed by atoms with E-state index in [2.05, 4.69) is 17.1 Å². The van der Waals surface area contributed by atoms with Gasteiger partial charge in [0, 0.05) is 23.1 Å². The summed E-state index contributed by atoms with van der Waals surface area (Å²) >= 11 is 1.74. The first-order valence-electron chi connectivity index (χ1n) is 9.24. The number of hydrogen-bond donors (Lipinski definition) is 0. The predicted molar refractivity (Wildman–Crippen MR) is 112 cm³/mol. The van der Waals surface area contributed by atoms with Crippen LogP contribution in [0.15, 0.2) is 36.5 Å². The molecule has 0 fully saturated rings. The number of aromatic nitrogens is 1. The molecule has 2 rings (SSSR count). The molecule has 0 aliphatic carbocycles. The molecule has 0 bridgehead atoms. The molecule has 0 saturated heterocycles. The van der Waals surface area contributed by atoms with Crippen LogP contribution in [0, 0.1) is 0 Å². The lowest BCUT2D eigenvalue weighted by molar-refractivity contribution is -0.235. The average molecular weight is 391 g/mol. The number of para-hydroxylation sites is 1. The summed E-state index contributed by atoms with van der Waals surface area (Å²) in [7, 11) is 0. The molecule has 1 amide bonds. The largest absolute Gasteiger partial charge is 0.377 e. The minimum atomic E-state index is -0.441. The highest BCUT2D eigenvalue weighted by molar-refractivity contribution is 7.98. The summed E-state index contributed by atoms with van der Waals surface area (Å²) in [6, 6.07) is 10.1. The van der Waals surface area contributed by atoms with E-state index in [-0.39, 0.29) is 12.1 Å². The van der Waals surface area contributed by atoms with Gasteiger partial charge in [-0.25, -0.2) is 5.06 Å². The number of nitrogens with zero attached hydrogens (tertiary/aromatic N) is 2. The standard InChI is InChI=1S/C21H30N2O3S/c1-16(2)25-12-19(23(15-24)26-21(3,4)5)14-27-13-17-10-18-8-6-7-9-20(18)22-11-17/h6-11,15-16,19H,12-14H2,1-5H3/t19-/m0/s1. The smallest absolute Gasteiger partial charge is 0.233 e. The second-order valence-electron chi connectivity index (χ2n) is 7.76. The molecule has 148 valence electrons. The van der Waals surface area contributed by atoms with Gasteiger partial charge in [0.2, 0.25) is 6.41 Å². The second-order valence-corrected chi connectivity index (χ2v) is 8.79. The number of amides is 1. The Hall–Kier alpha value is -1.63. The fraction of sp³-hybridized carbons (Fsp3) is 0.524. The zero-order chi connectivity index (χ0) is 19.9. The Labute approximate surface area is 166 Å². The fourth-order valence-electron chi connectivity index (χ4n) is 2.51. The van der Waals surface area contributed by atoms with E-state index in [0.29, 0.717) is 12.4 Å². The molecule has 0 aliphatic rings. The Kier molecular flexibility index (Phi) is 8.07. The highest BCUT2D eigenvalue weighted by Gasteiger charge is 2.24. The molecular weight excluding hydrogens is 360 g/mol. The number of thioether (sulfide) groups is 1. The molecule has 1 aromatic heterocycles. The zero-order valence-electron chi connectivity index (χ0n) is 16.8. The Morgan fingerprint density at radius 2 is 2.00 bits per heavy atom. The van der Waals surface area contributed by atoms with Gasteiger partial charge in [0.15, 0.2) is 0 Å². The van der Waals surface area contributed by atoms with Gasteiger partial charge in [-0.2, -0.15) is 11.8 Å². The molecule has 0 aliphatic heterocycles. The summed E-state index contributed by atoms with van der Waals surface area (Å²) < 4.78 is 5.76. The first kappa shape index (κ1) is 21.7. The molecule has 5 nitrogen and oxygen atoms in total. The maximum absolute atomic E-state index is 11.6. The maximum atomic E-state index is 11.6.